The van der Waals surface area contributed by atoms with Crippen molar-refractivity contribution in [2.75, 3.05) is 13.2 Å². The number of hydrogen-bond acceptors (Lipinski definition) is 6. The van der Waals surface area contributed by atoms with Crippen LogP contribution < -0.4 is 0 Å². The molecule has 0 unspecified atom stereocenters. The number of unbranched alkanes of at least 4 members (excludes halogenated alkanes) is 41. The van der Waals surface area contributed by atoms with Gasteiger partial charge in [0.05, 0.1) is 0 Å². The lowest BCUT2D eigenvalue weighted by Gasteiger charge is -2.18. The smallest absolute Gasteiger partial charge is 0.306 e. The van der Waals surface area contributed by atoms with Crippen molar-refractivity contribution < 1.29 is 28.6 Å². The molecule has 62 heavy (non-hydrogen) atoms. The maximum atomic E-state index is 12.8. The van der Waals surface area contributed by atoms with Crippen LogP contribution in [0.2, 0.25) is 0 Å². The monoisotopic (exact) mass is 877 g/mol. The van der Waals surface area contributed by atoms with Gasteiger partial charge in [-0.15, -0.1) is 0 Å². The topological polar surface area (TPSA) is 78.9 Å². The van der Waals surface area contributed by atoms with E-state index in [2.05, 4.69) is 20.8 Å². The van der Waals surface area contributed by atoms with Crippen LogP contribution in [0.1, 0.15) is 323 Å². The van der Waals surface area contributed by atoms with Crippen LogP contribution in [-0.2, 0) is 28.6 Å². The van der Waals surface area contributed by atoms with Gasteiger partial charge in [0.15, 0.2) is 6.10 Å². The van der Waals surface area contributed by atoms with E-state index in [1.807, 2.05) is 0 Å². The van der Waals surface area contributed by atoms with Crippen LogP contribution in [0.4, 0.5) is 0 Å². The Morgan fingerprint density at radius 3 is 0.645 bits per heavy atom. The van der Waals surface area contributed by atoms with Crippen molar-refractivity contribution in [1.29, 1.82) is 0 Å². The van der Waals surface area contributed by atoms with Gasteiger partial charge < -0.3 is 14.2 Å². The molecule has 0 rings (SSSR count). The molecule has 0 spiro atoms. The first kappa shape index (κ1) is 60.4. The molecule has 0 radical (unpaired) electrons. The van der Waals surface area contributed by atoms with Gasteiger partial charge in [-0.2, -0.15) is 0 Å². The van der Waals surface area contributed by atoms with Crippen molar-refractivity contribution in [2.24, 2.45) is 0 Å². The van der Waals surface area contributed by atoms with E-state index in [1.165, 1.54) is 225 Å². The Bertz CT molecular complexity index is 920. The van der Waals surface area contributed by atoms with Crippen LogP contribution in [0.15, 0.2) is 0 Å². The highest BCUT2D eigenvalue weighted by atomic mass is 16.6. The molecule has 0 amide bonds. The van der Waals surface area contributed by atoms with Crippen molar-refractivity contribution in [3.63, 3.8) is 0 Å². The van der Waals surface area contributed by atoms with E-state index in [-0.39, 0.29) is 31.1 Å². The number of carbonyl (C=O) groups excluding carboxylic acids is 3. The minimum absolute atomic E-state index is 0.0613. The molecule has 0 aromatic rings. The fraction of sp³-hybridized carbons (Fsp3) is 0.946. The Morgan fingerprint density at radius 1 is 0.258 bits per heavy atom. The first-order valence-electron chi connectivity index (χ1n) is 28.0. The van der Waals surface area contributed by atoms with Gasteiger partial charge >= 0.3 is 17.9 Å². The number of hydrogen-bond donors (Lipinski definition) is 0. The SMILES string of the molecule is CCCCCCCCCCCCCCCCCCCCC(=O)OC[C@@H](COC(=O)CCCCCCCCCCCCCC)OC(=O)CCCCCCCCCCCCCCCC. The average molecular weight is 877 g/mol. The van der Waals surface area contributed by atoms with Crippen LogP contribution in [0.5, 0.6) is 0 Å². The molecule has 6 heteroatoms. The zero-order valence-corrected chi connectivity index (χ0v) is 42.2. The maximum absolute atomic E-state index is 12.8. The second-order valence-electron chi connectivity index (χ2n) is 19.2. The van der Waals surface area contributed by atoms with Crippen molar-refractivity contribution in [3.8, 4) is 0 Å². The Balaban J connectivity index is 4.26. The maximum Gasteiger partial charge on any atom is 0.306 e. The molecule has 0 aromatic heterocycles. The molecule has 1 atom stereocenters. The number of carbonyl (C=O) groups is 3. The molecule has 0 aliphatic heterocycles. The Morgan fingerprint density at radius 2 is 0.435 bits per heavy atom. The minimum Gasteiger partial charge on any atom is -0.462 e. The second-order valence-corrected chi connectivity index (χ2v) is 19.2. The van der Waals surface area contributed by atoms with E-state index in [0.29, 0.717) is 19.3 Å². The molecular weight excluding hydrogens is 769 g/mol. The highest BCUT2D eigenvalue weighted by Crippen LogP contribution is 2.17. The lowest BCUT2D eigenvalue weighted by Crippen LogP contribution is -2.30. The molecule has 0 aliphatic rings. The Kier molecular flexibility index (Phi) is 50.7. The first-order valence-corrected chi connectivity index (χ1v) is 28.0. The van der Waals surface area contributed by atoms with Gasteiger partial charge in [-0.05, 0) is 19.3 Å². The predicted molar refractivity (Wildman–Crippen MR) is 266 cm³/mol. The molecule has 0 heterocycles. The lowest BCUT2D eigenvalue weighted by molar-refractivity contribution is -0.167. The fourth-order valence-electron chi connectivity index (χ4n) is 8.62. The van der Waals surface area contributed by atoms with Crippen LogP contribution in [0, 0.1) is 0 Å². The summed E-state index contributed by atoms with van der Waals surface area (Å²) < 4.78 is 16.9. The van der Waals surface area contributed by atoms with Gasteiger partial charge in [0, 0.05) is 19.3 Å². The fourth-order valence-corrected chi connectivity index (χ4v) is 8.62. The van der Waals surface area contributed by atoms with E-state index in [1.54, 1.807) is 0 Å². The molecule has 368 valence electrons. The summed E-state index contributed by atoms with van der Waals surface area (Å²) in [6, 6.07) is 0. The van der Waals surface area contributed by atoms with Gasteiger partial charge in [0.25, 0.3) is 0 Å². The first-order chi connectivity index (χ1) is 30.5. The third kappa shape index (κ3) is 49.4. The molecule has 0 aromatic carbocycles. The molecule has 0 aliphatic carbocycles. The number of ether oxygens (including phenoxy) is 3. The Labute approximate surface area is 387 Å². The summed E-state index contributed by atoms with van der Waals surface area (Å²) in [5, 5.41) is 0. The van der Waals surface area contributed by atoms with E-state index in [9.17, 15) is 14.4 Å². The van der Waals surface area contributed by atoms with Crippen molar-refractivity contribution in [3.05, 3.63) is 0 Å². The summed E-state index contributed by atoms with van der Waals surface area (Å²) >= 11 is 0. The third-order valence-electron chi connectivity index (χ3n) is 12.9. The van der Waals surface area contributed by atoms with E-state index >= 15 is 0 Å². The molecule has 0 saturated carbocycles. The summed E-state index contributed by atoms with van der Waals surface area (Å²) in [6.07, 6.45) is 56.6. The van der Waals surface area contributed by atoms with E-state index in [4.69, 9.17) is 14.2 Å². The zero-order valence-electron chi connectivity index (χ0n) is 42.2. The normalized spacial score (nSPS) is 11.9. The zero-order chi connectivity index (χ0) is 45.1. The highest BCUT2D eigenvalue weighted by molar-refractivity contribution is 5.71. The summed E-state index contributed by atoms with van der Waals surface area (Å²) in [5.74, 6) is -0.835. The van der Waals surface area contributed by atoms with Gasteiger partial charge in [-0.1, -0.05) is 284 Å². The summed E-state index contributed by atoms with van der Waals surface area (Å²) in [7, 11) is 0. The van der Waals surface area contributed by atoms with Crippen molar-refractivity contribution >= 4 is 17.9 Å². The van der Waals surface area contributed by atoms with Crippen LogP contribution in [0.25, 0.3) is 0 Å². The number of esters is 3. The third-order valence-corrected chi connectivity index (χ3v) is 12.9. The summed E-state index contributed by atoms with van der Waals surface area (Å²) in [6.45, 7) is 6.70. The Hall–Kier alpha value is -1.59. The van der Waals surface area contributed by atoms with E-state index < -0.39 is 6.10 Å². The van der Waals surface area contributed by atoms with Crippen LogP contribution >= 0.6 is 0 Å². The van der Waals surface area contributed by atoms with Gasteiger partial charge in [0.2, 0.25) is 0 Å². The second kappa shape index (κ2) is 52.0. The van der Waals surface area contributed by atoms with E-state index in [0.717, 1.165) is 57.8 Å². The van der Waals surface area contributed by atoms with Gasteiger partial charge in [-0.25, -0.2) is 0 Å². The van der Waals surface area contributed by atoms with Crippen LogP contribution in [-0.4, -0.2) is 37.2 Å². The predicted octanol–water partition coefficient (Wildman–Crippen LogP) is 18.4. The van der Waals surface area contributed by atoms with Gasteiger partial charge in [-0.3, -0.25) is 14.4 Å². The molecule has 0 bridgehead atoms. The summed E-state index contributed by atoms with van der Waals surface area (Å²) in [5.41, 5.74) is 0. The molecule has 0 fully saturated rings. The largest absolute Gasteiger partial charge is 0.462 e. The standard InChI is InChI=1S/C56H108O6/c1-4-7-10-13-16-19-22-25-27-28-29-30-32-34-37-40-43-46-49-55(58)61-52-53(51-60-54(57)48-45-42-39-36-33-24-21-18-15-12-9-6-3)62-56(59)50-47-44-41-38-35-31-26-23-20-17-14-11-8-5-2/h53H,4-52H2,1-3H3/t53-/m1/s1. The van der Waals surface area contributed by atoms with Crippen LogP contribution in [0.3, 0.4) is 0 Å². The lowest BCUT2D eigenvalue weighted by atomic mass is 10.0. The minimum atomic E-state index is -0.760. The molecule has 0 saturated heterocycles. The van der Waals surface area contributed by atoms with Crippen molar-refractivity contribution in [1.82, 2.24) is 0 Å². The number of rotatable bonds is 52. The molecular formula is C56H108O6. The average Bonchev–Trinajstić information content (AvgIpc) is 3.27. The molecule has 0 N–H and O–H groups in total. The summed E-state index contributed by atoms with van der Waals surface area (Å²) in [4.78, 5) is 38.0. The molecule has 6 nitrogen and oxygen atoms in total. The highest BCUT2D eigenvalue weighted by Gasteiger charge is 2.19. The van der Waals surface area contributed by atoms with Gasteiger partial charge in [0.1, 0.15) is 13.2 Å². The van der Waals surface area contributed by atoms with Crippen molar-refractivity contribution in [2.45, 2.75) is 329 Å². The quantitative estimate of drug-likeness (QED) is 0.0344.